The van der Waals surface area contributed by atoms with Crippen molar-refractivity contribution in [1.82, 2.24) is 15.1 Å². The van der Waals surface area contributed by atoms with Crippen LogP contribution >= 0.6 is 0 Å². The van der Waals surface area contributed by atoms with Crippen molar-refractivity contribution in [2.75, 3.05) is 0 Å². The molecule has 1 aromatic heterocycles. The highest BCUT2D eigenvalue weighted by atomic mass is 16.4. The molecule has 0 aromatic carbocycles. The molecule has 6 nitrogen and oxygen atoms in total. The van der Waals surface area contributed by atoms with Gasteiger partial charge in [-0.2, -0.15) is 5.10 Å². The highest BCUT2D eigenvalue weighted by Gasteiger charge is 2.57. The van der Waals surface area contributed by atoms with E-state index >= 15 is 0 Å². The Morgan fingerprint density at radius 2 is 2.12 bits per heavy atom. The van der Waals surface area contributed by atoms with Crippen molar-refractivity contribution < 1.29 is 14.7 Å². The molecule has 2 fully saturated rings. The van der Waals surface area contributed by atoms with Gasteiger partial charge >= 0.3 is 5.97 Å². The second-order valence-corrected chi connectivity index (χ2v) is 8.33. The summed E-state index contributed by atoms with van der Waals surface area (Å²) in [5.74, 6) is 0.0891. The van der Waals surface area contributed by atoms with E-state index in [1.165, 1.54) is 0 Å². The molecule has 0 saturated heterocycles. The molecule has 2 N–H and O–H groups in total. The average molecular weight is 347 g/mol. The van der Waals surface area contributed by atoms with Gasteiger partial charge in [0.2, 0.25) is 5.91 Å². The van der Waals surface area contributed by atoms with E-state index in [1.54, 1.807) is 0 Å². The Labute approximate surface area is 149 Å². The maximum Gasteiger partial charge on any atom is 0.311 e. The summed E-state index contributed by atoms with van der Waals surface area (Å²) in [5.41, 5.74) is 2.13. The maximum absolute atomic E-state index is 12.6. The lowest BCUT2D eigenvalue weighted by atomic mass is 9.80. The van der Waals surface area contributed by atoms with Crippen LogP contribution in [0.5, 0.6) is 0 Å². The Balaban J connectivity index is 1.70. The molecule has 6 heteroatoms. The summed E-state index contributed by atoms with van der Waals surface area (Å²) in [6.45, 7) is 9.05. The number of aryl methyl sites for hydroxylation is 1. The van der Waals surface area contributed by atoms with Crippen molar-refractivity contribution in [2.24, 2.45) is 17.3 Å². The fourth-order valence-electron chi connectivity index (χ4n) is 4.72. The lowest BCUT2D eigenvalue weighted by Crippen LogP contribution is -2.49. The van der Waals surface area contributed by atoms with Crippen molar-refractivity contribution in [2.45, 2.75) is 72.4 Å². The molecule has 3 unspecified atom stereocenters. The normalized spacial score (nSPS) is 27.9. The molecule has 1 amide bonds. The molecule has 2 aliphatic rings. The van der Waals surface area contributed by atoms with Gasteiger partial charge in [0.15, 0.2) is 0 Å². The SMILES string of the molecule is Cc1nn(CC(C)C)c(C)c1CC(=O)NC1CC2CCC1(C(=O)O)C2. The quantitative estimate of drug-likeness (QED) is 0.828. The molecule has 0 radical (unpaired) electrons. The number of amides is 1. The average Bonchev–Trinajstić information content (AvgIpc) is 3.16. The Bertz CT molecular complexity index is 694. The first kappa shape index (κ1) is 18.0. The van der Waals surface area contributed by atoms with Gasteiger partial charge in [0.1, 0.15) is 0 Å². The van der Waals surface area contributed by atoms with Crippen LogP contribution in [0.25, 0.3) is 0 Å². The van der Waals surface area contributed by atoms with E-state index in [1.807, 2.05) is 18.5 Å². The van der Waals surface area contributed by atoms with E-state index in [-0.39, 0.29) is 18.4 Å². The van der Waals surface area contributed by atoms with Crippen molar-refractivity contribution in [3.63, 3.8) is 0 Å². The molecule has 138 valence electrons. The molecule has 0 spiro atoms. The van der Waals surface area contributed by atoms with E-state index in [0.29, 0.717) is 24.7 Å². The van der Waals surface area contributed by atoms with Crippen molar-refractivity contribution in [3.8, 4) is 0 Å². The smallest absolute Gasteiger partial charge is 0.311 e. The first-order valence-corrected chi connectivity index (χ1v) is 9.28. The van der Waals surface area contributed by atoms with Crippen LogP contribution in [0.2, 0.25) is 0 Å². The van der Waals surface area contributed by atoms with Crippen LogP contribution in [-0.2, 0) is 22.6 Å². The van der Waals surface area contributed by atoms with Gasteiger partial charge in [-0.25, -0.2) is 0 Å². The monoisotopic (exact) mass is 347 g/mol. The fourth-order valence-corrected chi connectivity index (χ4v) is 4.72. The molecule has 0 aliphatic heterocycles. The number of aliphatic carboxylic acids is 1. The molecule has 2 bridgehead atoms. The number of fused-ring (bicyclic) bond motifs is 2. The van der Waals surface area contributed by atoms with Crippen LogP contribution in [0.15, 0.2) is 0 Å². The third-order valence-corrected chi connectivity index (χ3v) is 6.06. The topological polar surface area (TPSA) is 84.2 Å². The zero-order valence-corrected chi connectivity index (χ0v) is 15.6. The number of carboxylic acid groups (broad SMARTS) is 1. The molecule has 2 saturated carbocycles. The van der Waals surface area contributed by atoms with Gasteiger partial charge in [0.05, 0.1) is 17.5 Å². The number of aromatic nitrogens is 2. The maximum atomic E-state index is 12.6. The highest BCUT2D eigenvalue weighted by molar-refractivity contribution is 5.82. The summed E-state index contributed by atoms with van der Waals surface area (Å²) in [6, 6.07) is -0.234. The number of nitrogens with one attached hydrogen (secondary N) is 1. The summed E-state index contributed by atoms with van der Waals surface area (Å²) in [6.07, 6.45) is 3.42. The van der Waals surface area contributed by atoms with Gasteiger partial charge < -0.3 is 10.4 Å². The summed E-state index contributed by atoms with van der Waals surface area (Å²) < 4.78 is 1.97. The fraction of sp³-hybridized carbons (Fsp3) is 0.737. The van der Waals surface area contributed by atoms with Crippen LogP contribution in [0.1, 0.15) is 56.5 Å². The Kier molecular flexibility index (Phi) is 4.64. The van der Waals surface area contributed by atoms with E-state index in [0.717, 1.165) is 36.3 Å². The summed E-state index contributed by atoms with van der Waals surface area (Å²) in [7, 11) is 0. The van der Waals surface area contributed by atoms with Crippen LogP contribution in [-0.4, -0.2) is 32.8 Å². The van der Waals surface area contributed by atoms with E-state index in [9.17, 15) is 14.7 Å². The number of carbonyl (C=O) groups excluding carboxylic acids is 1. The van der Waals surface area contributed by atoms with E-state index in [4.69, 9.17) is 0 Å². The largest absolute Gasteiger partial charge is 0.481 e. The summed E-state index contributed by atoms with van der Waals surface area (Å²) in [5, 5.41) is 17.3. The first-order chi connectivity index (χ1) is 11.7. The van der Waals surface area contributed by atoms with Gasteiger partial charge in [0, 0.05) is 23.8 Å². The number of carboxylic acids is 1. The number of nitrogens with zero attached hydrogens (tertiary/aromatic N) is 2. The van der Waals surface area contributed by atoms with Crippen molar-refractivity contribution >= 4 is 11.9 Å². The number of rotatable bonds is 6. The van der Waals surface area contributed by atoms with Gasteiger partial charge in [-0.3, -0.25) is 14.3 Å². The summed E-state index contributed by atoms with van der Waals surface area (Å²) >= 11 is 0. The van der Waals surface area contributed by atoms with E-state index < -0.39 is 11.4 Å². The second kappa shape index (κ2) is 6.46. The molecule has 1 aromatic rings. The minimum Gasteiger partial charge on any atom is -0.481 e. The number of carbonyl (C=O) groups is 2. The van der Waals surface area contributed by atoms with Gasteiger partial charge in [-0.05, 0) is 51.4 Å². The molecule has 3 rings (SSSR count). The van der Waals surface area contributed by atoms with Crippen molar-refractivity contribution in [1.29, 1.82) is 0 Å². The van der Waals surface area contributed by atoms with Crippen LogP contribution in [0.3, 0.4) is 0 Å². The van der Waals surface area contributed by atoms with Gasteiger partial charge in [-0.15, -0.1) is 0 Å². The zero-order valence-electron chi connectivity index (χ0n) is 15.6. The predicted octanol–water partition coefficient (Wildman–Crippen LogP) is 2.46. The lowest BCUT2D eigenvalue weighted by Gasteiger charge is -2.31. The molecule has 3 atom stereocenters. The number of hydrogen-bond acceptors (Lipinski definition) is 3. The number of hydrogen-bond donors (Lipinski definition) is 2. The minimum atomic E-state index is -0.755. The first-order valence-electron chi connectivity index (χ1n) is 9.28. The van der Waals surface area contributed by atoms with Gasteiger partial charge in [-0.1, -0.05) is 13.8 Å². The van der Waals surface area contributed by atoms with Crippen LogP contribution in [0.4, 0.5) is 0 Å². The lowest BCUT2D eigenvalue weighted by molar-refractivity contribution is -0.150. The molecular formula is C19H29N3O3. The minimum absolute atomic E-state index is 0.0894. The third-order valence-electron chi connectivity index (χ3n) is 6.06. The van der Waals surface area contributed by atoms with Crippen molar-refractivity contribution in [3.05, 3.63) is 17.0 Å². The predicted molar refractivity (Wildman–Crippen MR) is 94.2 cm³/mol. The Morgan fingerprint density at radius 1 is 1.40 bits per heavy atom. The van der Waals surface area contributed by atoms with Crippen LogP contribution in [0, 0.1) is 31.1 Å². The second-order valence-electron chi connectivity index (χ2n) is 8.33. The van der Waals surface area contributed by atoms with Crippen LogP contribution < -0.4 is 5.32 Å². The Morgan fingerprint density at radius 3 is 2.72 bits per heavy atom. The third kappa shape index (κ3) is 3.18. The standard InChI is InChI=1S/C19H29N3O3/c1-11(2)10-22-13(4)15(12(3)21-22)8-17(23)20-16-7-14-5-6-19(16,9-14)18(24)25/h11,14,16H,5-10H2,1-4H3,(H,20,23)(H,24,25). The molecule has 1 heterocycles. The van der Waals surface area contributed by atoms with E-state index in [2.05, 4.69) is 24.3 Å². The zero-order chi connectivity index (χ0) is 18.4. The molecule has 2 aliphatic carbocycles. The molecule has 25 heavy (non-hydrogen) atoms. The Hall–Kier alpha value is -1.85. The molecular weight excluding hydrogens is 318 g/mol. The summed E-state index contributed by atoms with van der Waals surface area (Å²) in [4.78, 5) is 24.4. The highest BCUT2D eigenvalue weighted by Crippen LogP contribution is 2.54. The van der Waals surface area contributed by atoms with Gasteiger partial charge in [0.25, 0.3) is 0 Å².